The van der Waals surface area contributed by atoms with E-state index in [2.05, 4.69) is 75.1 Å². The van der Waals surface area contributed by atoms with Crippen molar-refractivity contribution >= 4 is 34.3 Å². The molecule has 2 aromatic heterocycles. The lowest BCUT2D eigenvalue weighted by Crippen LogP contribution is -2.33. The number of nitrogens with zero attached hydrogens (tertiary/aromatic N) is 7. The highest BCUT2D eigenvalue weighted by Crippen LogP contribution is 2.34. The Morgan fingerprint density at radius 3 is 2.50 bits per heavy atom. The number of carbonyl (C=O) groups excluding carboxylic acids is 1. The van der Waals surface area contributed by atoms with Crippen molar-refractivity contribution < 1.29 is 9.53 Å². The molecule has 256 valence electrons. The zero-order valence-corrected chi connectivity index (χ0v) is 29.3. The average molecular weight is 654 g/mol. The molecule has 48 heavy (non-hydrogen) atoms. The summed E-state index contributed by atoms with van der Waals surface area (Å²) >= 11 is 0. The van der Waals surface area contributed by atoms with E-state index in [1.165, 1.54) is 34.5 Å². The summed E-state index contributed by atoms with van der Waals surface area (Å²) in [4.78, 5) is 27.3. The molecule has 4 N–H and O–H groups in total. The van der Waals surface area contributed by atoms with Crippen LogP contribution in [0.15, 0.2) is 54.9 Å². The lowest BCUT2D eigenvalue weighted by molar-refractivity contribution is -0.113. The fraction of sp³-hybridized carbons (Fsp3) is 0.432. The van der Waals surface area contributed by atoms with Crippen LogP contribution in [0.3, 0.4) is 0 Å². The fourth-order valence-corrected chi connectivity index (χ4v) is 5.65. The molecule has 0 radical (unpaired) electrons. The number of primary amides is 1. The molecular formula is C37H51N9O2. The van der Waals surface area contributed by atoms with Gasteiger partial charge in [-0.15, -0.1) is 0 Å². The second-order valence-corrected chi connectivity index (χ2v) is 11.6. The molecule has 0 bridgehead atoms. The van der Waals surface area contributed by atoms with E-state index in [1.54, 1.807) is 23.2 Å². The first kappa shape index (κ1) is 37.5. The normalized spacial score (nSPS) is 15.3. The quantitative estimate of drug-likeness (QED) is 0.189. The highest BCUT2D eigenvalue weighted by Gasteiger charge is 2.25. The van der Waals surface area contributed by atoms with Gasteiger partial charge in [-0.25, -0.2) is 6.57 Å². The molecule has 11 heteroatoms. The van der Waals surface area contributed by atoms with Crippen LogP contribution in [0.25, 0.3) is 21.7 Å². The van der Waals surface area contributed by atoms with E-state index in [4.69, 9.17) is 27.8 Å². The molecule has 2 aliphatic heterocycles. The van der Waals surface area contributed by atoms with Crippen LogP contribution >= 0.6 is 0 Å². The van der Waals surface area contributed by atoms with Gasteiger partial charge in [0.15, 0.2) is 0 Å². The molecule has 1 amide bonds. The summed E-state index contributed by atoms with van der Waals surface area (Å²) in [6, 6.07) is 13.8. The molecule has 0 aliphatic carbocycles. The number of carbonyl (C=O) groups is 1. The third-order valence-corrected chi connectivity index (χ3v) is 8.08. The van der Waals surface area contributed by atoms with Gasteiger partial charge in [0.2, 0.25) is 12.5 Å². The topological polar surface area (TPSA) is 133 Å². The number of ether oxygens (including phenoxy) is 1. The second-order valence-electron chi connectivity index (χ2n) is 11.6. The van der Waals surface area contributed by atoms with Crippen LogP contribution in [0.1, 0.15) is 62.4 Å². The predicted octanol–water partition coefficient (Wildman–Crippen LogP) is 5.82. The summed E-state index contributed by atoms with van der Waals surface area (Å²) in [6.45, 7) is 18.4. The molecule has 4 aromatic rings. The van der Waals surface area contributed by atoms with Crippen molar-refractivity contribution in [2.45, 2.75) is 66.0 Å². The number of hydrogen-bond donors (Lipinski definition) is 2. The monoisotopic (exact) mass is 653 g/mol. The van der Waals surface area contributed by atoms with Crippen molar-refractivity contribution in [3.8, 4) is 6.01 Å². The SMILES string of the molecule is CC.Cc1cccc2cccc(N3CCc4c(N)nc(OC[C@@H]5CCCN5C)nc4C3)c12.Cn1cc(/C=C/C(N)=O)cn1.[C-]#[N+]CCC. The van der Waals surface area contributed by atoms with Crippen LogP contribution in [0.5, 0.6) is 6.01 Å². The lowest BCUT2D eigenvalue weighted by atomic mass is 10.00. The first-order valence-electron chi connectivity index (χ1n) is 16.7. The van der Waals surface area contributed by atoms with Gasteiger partial charge >= 0.3 is 6.01 Å². The Hall–Kier alpha value is -4.95. The maximum atomic E-state index is 10.3. The molecule has 1 saturated heterocycles. The number of anilines is 2. The zero-order chi connectivity index (χ0) is 35.1. The zero-order valence-electron chi connectivity index (χ0n) is 29.3. The van der Waals surface area contributed by atoms with Crippen molar-refractivity contribution in [1.29, 1.82) is 0 Å². The Kier molecular flexibility index (Phi) is 14.9. The summed E-state index contributed by atoms with van der Waals surface area (Å²) in [7, 11) is 3.95. The number of fused-ring (bicyclic) bond motifs is 2. The van der Waals surface area contributed by atoms with Crippen LogP contribution < -0.4 is 21.1 Å². The molecule has 0 spiro atoms. The second kappa shape index (κ2) is 19.0. The number of nitrogen functional groups attached to an aromatic ring is 1. The molecule has 1 atom stereocenters. The number of likely N-dealkylation sites (tertiary alicyclic amines) is 1. The van der Waals surface area contributed by atoms with E-state index in [0.29, 0.717) is 31.0 Å². The molecular weight excluding hydrogens is 602 g/mol. The van der Waals surface area contributed by atoms with Crippen molar-refractivity contribution in [3.05, 3.63) is 88.7 Å². The number of likely N-dealkylation sites (N-methyl/N-ethyl adjacent to an activating group) is 1. The average Bonchev–Trinajstić information content (AvgIpc) is 3.71. The predicted molar refractivity (Wildman–Crippen MR) is 196 cm³/mol. The third kappa shape index (κ3) is 10.5. The van der Waals surface area contributed by atoms with Gasteiger partial charge in [-0.1, -0.05) is 51.1 Å². The van der Waals surface area contributed by atoms with E-state index in [0.717, 1.165) is 55.7 Å². The number of hydrogen-bond acceptors (Lipinski definition) is 8. The van der Waals surface area contributed by atoms with Gasteiger partial charge in [0, 0.05) is 60.5 Å². The third-order valence-electron chi connectivity index (χ3n) is 8.08. The van der Waals surface area contributed by atoms with Crippen LogP contribution in [-0.4, -0.2) is 69.9 Å². The van der Waals surface area contributed by atoms with Gasteiger partial charge in [0.1, 0.15) is 12.4 Å². The maximum Gasteiger partial charge on any atom is 0.318 e. The van der Waals surface area contributed by atoms with E-state index in [-0.39, 0.29) is 0 Å². The van der Waals surface area contributed by atoms with Gasteiger partial charge in [-0.2, -0.15) is 15.1 Å². The van der Waals surface area contributed by atoms with Crippen molar-refractivity contribution in [2.75, 3.05) is 43.9 Å². The molecule has 2 aliphatic rings. The van der Waals surface area contributed by atoms with Crippen LogP contribution in [0.2, 0.25) is 0 Å². The number of rotatable bonds is 7. The maximum absolute atomic E-state index is 10.3. The van der Waals surface area contributed by atoms with Crippen LogP contribution in [0, 0.1) is 13.5 Å². The van der Waals surface area contributed by atoms with Crippen LogP contribution in [0.4, 0.5) is 11.5 Å². The summed E-state index contributed by atoms with van der Waals surface area (Å²) in [5, 5.41) is 6.49. The van der Waals surface area contributed by atoms with Gasteiger partial charge < -0.3 is 30.8 Å². The smallest absolute Gasteiger partial charge is 0.318 e. The molecule has 11 nitrogen and oxygen atoms in total. The number of aromatic nitrogens is 4. The lowest BCUT2D eigenvalue weighted by Gasteiger charge is -2.31. The molecule has 2 aromatic carbocycles. The molecule has 0 unspecified atom stereocenters. The van der Waals surface area contributed by atoms with Gasteiger partial charge in [-0.3, -0.25) is 9.48 Å². The summed E-state index contributed by atoms with van der Waals surface area (Å²) in [5.41, 5.74) is 16.6. The first-order valence-corrected chi connectivity index (χ1v) is 16.7. The Morgan fingerprint density at radius 1 is 1.15 bits per heavy atom. The summed E-state index contributed by atoms with van der Waals surface area (Å²) in [6.07, 6.45) is 10.6. The number of nitrogens with two attached hydrogens (primary N) is 2. The highest BCUT2D eigenvalue weighted by molar-refractivity contribution is 5.97. The number of aryl methyl sites for hydroxylation is 2. The minimum atomic E-state index is -0.450. The van der Waals surface area contributed by atoms with Crippen molar-refractivity contribution in [2.24, 2.45) is 12.8 Å². The van der Waals surface area contributed by atoms with Crippen molar-refractivity contribution in [1.82, 2.24) is 24.6 Å². The fourth-order valence-electron chi connectivity index (χ4n) is 5.65. The van der Waals surface area contributed by atoms with Gasteiger partial charge in [0.05, 0.1) is 18.4 Å². The standard InChI is InChI=1S/C24H29N5O.C7H9N3O.C4H7N.C2H6/c1-16-6-3-7-17-8-4-10-21(22(16)17)29-13-11-19-20(14-29)26-24(27-23(19)25)30-15-18-9-5-12-28(18)2;1-10-5-6(4-9-10)2-3-7(8)11;1-3-4-5-2;1-2/h3-4,6-8,10,18H,5,9,11-15H2,1-2H3,(H2,25,26,27);2-5H,1H3,(H2,8,11);3-4H2,1H3;1-2H3/b;3-2+;;/t18-;;;/m0.../s1. The summed E-state index contributed by atoms with van der Waals surface area (Å²) < 4.78 is 7.63. The molecule has 6 rings (SSSR count). The summed E-state index contributed by atoms with van der Waals surface area (Å²) in [5.74, 6) is 0.109. The van der Waals surface area contributed by atoms with E-state index < -0.39 is 5.91 Å². The minimum Gasteiger partial charge on any atom is -0.462 e. The molecule has 0 saturated carbocycles. The van der Waals surface area contributed by atoms with Crippen LogP contribution in [-0.2, 0) is 24.8 Å². The molecule has 1 fully saturated rings. The van der Waals surface area contributed by atoms with E-state index in [1.807, 2.05) is 27.8 Å². The Bertz CT molecular complexity index is 1690. The van der Waals surface area contributed by atoms with Gasteiger partial charge in [0.25, 0.3) is 0 Å². The Morgan fingerprint density at radius 2 is 1.90 bits per heavy atom. The minimum absolute atomic E-state index is 0.405. The van der Waals surface area contributed by atoms with E-state index in [9.17, 15) is 4.79 Å². The molecule has 4 heterocycles. The van der Waals surface area contributed by atoms with Gasteiger partial charge in [-0.05, 0) is 62.9 Å². The number of amides is 1. The van der Waals surface area contributed by atoms with Crippen molar-refractivity contribution in [3.63, 3.8) is 0 Å². The van der Waals surface area contributed by atoms with E-state index >= 15 is 0 Å². The Balaban J connectivity index is 0.000000288. The largest absolute Gasteiger partial charge is 0.462 e. The number of benzene rings is 2. The Labute approximate surface area is 285 Å². The first-order chi connectivity index (χ1) is 23.2. The highest BCUT2D eigenvalue weighted by atomic mass is 16.5.